The summed E-state index contributed by atoms with van der Waals surface area (Å²) in [5.74, 6) is -0.0374. The molecule has 0 spiro atoms. The molecule has 2 N–H and O–H groups in total. The number of β-amino-alcohol motifs (C(OH)–C–C–N with tert-alkyl or cyclic N) is 1. The van der Waals surface area contributed by atoms with Crippen LogP contribution in [-0.4, -0.2) is 68.2 Å². The Balaban J connectivity index is 1.34. The predicted octanol–water partition coefficient (Wildman–Crippen LogP) is 3.05. The number of hydrogen-bond donors (Lipinski definition) is 2. The first-order valence-corrected chi connectivity index (χ1v) is 13.5. The number of aliphatic hydroxyl groups excluding tert-OH is 1. The van der Waals surface area contributed by atoms with Crippen molar-refractivity contribution in [3.8, 4) is 0 Å². The van der Waals surface area contributed by atoms with Crippen molar-refractivity contribution >= 4 is 11.8 Å². The number of aromatic nitrogens is 3. The Morgan fingerprint density at radius 3 is 2.57 bits per heavy atom. The number of carbonyl (C=O) groups is 2. The van der Waals surface area contributed by atoms with E-state index in [1.54, 1.807) is 9.58 Å². The number of aliphatic hydroxyl groups is 1. The molecule has 37 heavy (non-hydrogen) atoms. The molecule has 0 unspecified atom stereocenters. The van der Waals surface area contributed by atoms with Gasteiger partial charge in [-0.15, -0.1) is 5.10 Å². The molecule has 9 heteroatoms. The van der Waals surface area contributed by atoms with Crippen molar-refractivity contribution < 1.29 is 19.4 Å². The quantitative estimate of drug-likeness (QED) is 0.620. The van der Waals surface area contributed by atoms with Crippen LogP contribution in [-0.2, 0) is 14.3 Å². The molecule has 9 nitrogen and oxygen atoms in total. The van der Waals surface area contributed by atoms with Gasteiger partial charge >= 0.3 is 0 Å². The van der Waals surface area contributed by atoms with E-state index in [4.69, 9.17) is 4.74 Å². The number of nitrogens with zero attached hydrogens (tertiary/aromatic N) is 4. The zero-order valence-electron chi connectivity index (χ0n) is 22.3. The number of rotatable bonds is 6. The molecule has 1 saturated carbocycles. The number of hydrogen-bond acceptors (Lipinski definition) is 6. The second kappa shape index (κ2) is 10.2. The molecule has 2 saturated heterocycles. The fourth-order valence-electron chi connectivity index (χ4n) is 5.62. The first kappa shape index (κ1) is 25.9. The number of nitrogens with one attached hydrogen (secondary N) is 1. The number of benzene rings is 1. The highest BCUT2D eigenvalue weighted by Crippen LogP contribution is 2.40. The van der Waals surface area contributed by atoms with Crippen LogP contribution >= 0.6 is 0 Å². The molecule has 3 aliphatic rings. The summed E-state index contributed by atoms with van der Waals surface area (Å²) >= 11 is 0. The van der Waals surface area contributed by atoms with Crippen LogP contribution in [0.25, 0.3) is 0 Å². The summed E-state index contributed by atoms with van der Waals surface area (Å²) in [6.07, 6.45) is 4.93. The monoisotopic (exact) mass is 509 g/mol. The molecule has 2 amide bonds. The fourth-order valence-corrected chi connectivity index (χ4v) is 5.62. The van der Waals surface area contributed by atoms with Crippen LogP contribution in [0, 0.1) is 12.3 Å². The average molecular weight is 510 g/mol. The van der Waals surface area contributed by atoms with Crippen molar-refractivity contribution in [2.75, 3.05) is 13.2 Å². The van der Waals surface area contributed by atoms with Gasteiger partial charge in [0.25, 0.3) is 0 Å². The Morgan fingerprint density at radius 1 is 1.16 bits per heavy atom. The average Bonchev–Trinajstić information content (AvgIpc) is 3.46. The lowest BCUT2D eigenvalue weighted by Crippen LogP contribution is -2.53. The molecule has 3 heterocycles. The van der Waals surface area contributed by atoms with E-state index in [1.807, 2.05) is 58.2 Å². The van der Waals surface area contributed by atoms with Gasteiger partial charge in [-0.05, 0) is 43.6 Å². The minimum atomic E-state index is -0.756. The summed E-state index contributed by atoms with van der Waals surface area (Å²) < 4.78 is 7.73. The van der Waals surface area contributed by atoms with E-state index >= 15 is 0 Å². The molecule has 1 aliphatic carbocycles. The Morgan fingerprint density at radius 2 is 1.89 bits per heavy atom. The number of aryl methyl sites for hydroxylation is 1. The SMILES string of the molecule is Cc1ccc([C@@H]2OCCC[C@H]2NC(=O)[C@@H]2C[C@@H](O)CN2C(=O)[C@@H](n2cc(C3CC3)nn2)C(C)(C)C)cc1. The molecule has 0 radical (unpaired) electrons. The summed E-state index contributed by atoms with van der Waals surface area (Å²) in [7, 11) is 0. The third-order valence-corrected chi connectivity index (χ3v) is 7.76. The van der Waals surface area contributed by atoms with Gasteiger partial charge in [0.05, 0.1) is 17.8 Å². The van der Waals surface area contributed by atoms with Crippen molar-refractivity contribution in [1.82, 2.24) is 25.2 Å². The molecule has 5 atom stereocenters. The van der Waals surface area contributed by atoms with Gasteiger partial charge in [-0.2, -0.15) is 0 Å². The van der Waals surface area contributed by atoms with E-state index in [-0.39, 0.29) is 36.9 Å². The molecular weight excluding hydrogens is 470 g/mol. The minimum Gasteiger partial charge on any atom is -0.391 e. The molecule has 0 bridgehead atoms. The Labute approximate surface area is 218 Å². The summed E-state index contributed by atoms with van der Waals surface area (Å²) in [6, 6.07) is 6.60. The second-order valence-electron chi connectivity index (χ2n) is 12.0. The molecule has 1 aromatic heterocycles. The van der Waals surface area contributed by atoms with Gasteiger partial charge < -0.3 is 20.1 Å². The van der Waals surface area contributed by atoms with Gasteiger partial charge in [-0.3, -0.25) is 9.59 Å². The minimum absolute atomic E-state index is 0.121. The number of likely N-dealkylation sites (tertiary alicyclic amines) is 1. The largest absolute Gasteiger partial charge is 0.391 e. The fraction of sp³-hybridized carbons (Fsp3) is 0.643. The Kier molecular flexibility index (Phi) is 7.11. The molecular formula is C28H39N5O4. The highest BCUT2D eigenvalue weighted by molar-refractivity contribution is 5.90. The van der Waals surface area contributed by atoms with Crippen LogP contribution < -0.4 is 5.32 Å². The summed E-state index contributed by atoms with van der Waals surface area (Å²) in [6.45, 7) is 8.77. The summed E-state index contributed by atoms with van der Waals surface area (Å²) in [5, 5.41) is 22.3. The van der Waals surface area contributed by atoms with Crippen molar-refractivity contribution in [3.63, 3.8) is 0 Å². The van der Waals surface area contributed by atoms with Gasteiger partial charge in [-0.25, -0.2) is 4.68 Å². The van der Waals surface area contributed by atoms with Crippen molar-refractivity contribution in [2.24, 2.45) is 5.41 Å². The number of amides is 2. The Hall–Kier alpha value is -2.78. The van der Waals surface area contributed by atoms with Crippen LogP contribution in [0.1, 0.15) is 87.8 Å². The lowest BCUT2D eigenvalue weighted by Gasteiger charge is -2.36. The first-order valence-electron chi connectivity index (χ1n) is 13.5. The van der Waals surface area contributed by atoms with E-state index in [1.165, 1.54) is 5.56 Å². The van der Waals surface area contributed by atoms with E-state index in [9.17, 15) is 14.7 Å². The van der Waals surface area contributed by atoms with Crippen molar-refractivity contribution in [1.29, 1.82) is 0 Å². The van der Waals surface area contributed by atoms with Gasteiger partial charge in [-0.1, -0.05) is 55.8 Å². The Bertz CT molecular complexity index is 1120. The van der Waals surface area contributed by atoms with E-state index < -0.39 is 23.6 Å². The van der Waals surface area contributed by atoms with Crippen molar-refractivity contribution in [2.45, 2.75) is 96.1 Å². The molecule has 3 fully saturated rings. The van der Waals surface area contributed by atoms with Crippen LogP contribution in [0.5, 0.6) is 0 Å². The maximum Gasteiger partial charge on any atom is 0.248 e. The number of ether oxygens (including phenoxy) is 1. The third kappa shape index (κ3) is 5.57. The smallest absolute Gasteiger partial charge is 0.248 e. The maximum atomic E-state index is 14.0. The maximum absolute atomic E-state index is 14.0. The van der Waals surface area contributed by atoms with Gasteiger partial charge in [0.1, 0.15) is 18.2 Å². The predicted molar refractivity (Wildman–Crippen MR) is 138 cm³/mol. The summed E-state index contributed by atoms with van der Waals surface area (Å²) in [5.41, 5.74) is 2.64. The molecule has 1 aromatic carbocycles. The third-order valence-electron chi connectivity index (χ3n) is 7.76. The van der Waals surface area contributed by atoms with Gasteiger partial charge in [0.15, 0.2) is 0 Å². The highest BCUT2D eigenvalue weighted by atomic mass is 16.5. The van der Waals surface area contributed by atoms with E-state index in [2.05, 4.69) is 15.6 Å². The highest BCUT2D eigenvalue weighted by Gasteiger charge is 2.46. The number of carbonyl (C=O) groups excluding carboxylic acids is 2. The van der Waals surface area contributed by atoms with E-state index in [0.29, 0.717) is 12.5 Å². The topological polar surface area (TPSA) is 110 Å². The summed E-state index contributed by atoms with van der Waals surface area (Å²) in [4.78, 5) is 29.1. The normalized spacial score (nSPS) is 27.2. The zero-order valence-corrected chi connectivity index (χ0v) is 22.3. The lowest BCUT2D eigenvalue weighted by molar-refractivity contribution is -0.145. The first-order chi connectivity index (χ1) is 17.6. The molecule has 2 aromatic rings. The van der Waals surface area contributed by atoms with Crippen LogP contribution in [0.4, 0.5) is 0 Å². The molecule has 5 rings (SSSR count). The standard InChI is InChI=1S/C28H39N5O4/c1-17-7-9-19(10-8-17)24-21(6-5-13-37-24)29-26(35)23-14-20(34)15-32(23)27(36)25(28(2,3)4)33-16-22(30-31-33)18-11-12-18/h7-10,16,18,20-21,23-25,34H,5-6,11-15H2,1-4H3,(H,29,35)/t20-,21-,23+,24+,25-/m1/s1. The second-order valence-corrected chi connectivity index (χ2v) is 12.0. The van der Waals surface area contributed by atoms with Crippen molar-refractivity contribution in [3.05, 3.63) is 47.3 Å². The van der Waals surface area contributed by atoms with Crippen LogP contribution in [0.15, 0.2) is 30.5 Å². The van der Waals surface area contributed by atoms with Gasteiger partial charge in [0.2, 0.25) is 11.8 Å². The van der Waals surface area contributed by atoms with Crippen LogP contribution in [0.2, 0.25) is 0 Å². The van der Waals surface area contributed by atoms with Gasteiger partial charge in [0, 0.05) is 31.7 Å². The van der Waals surface area contributed by atoms with Crippen LogP contribution in [0.3, 0.4) is 0 Å². The zero-order chi connectivity index (χ0) is 26.3. The molecule has 200 valence electrons. The molecule has 2 aliphatic heterocycles. The van der Waals surface area contributed by atoms with E-state index in [0.717, 1.165) is 36.9 Å². The lowest BCUT2D eigenvalue weighted by atomic mass is 9.85.